The van der Waals surface area contributed by atoms with Crippen molar-refractivity contribution in [1.29, 1.82) is 0 Å². The smallest absolute Gasteiger partial charge is 0.407 e. The third-order valence-corrected chi connectivity index (χ3v) is 7.09. The van der Waals surface area contributed by atoms with Crippen molar-refractivity contribution in [3.05, 3.63) is 23.5 Å². The summed E-state index contributed by atoms with van der Waals surface area (Å²) in [7, 11) is 1.77. The highest BCUT2D eigenvalue weighted by Gasteiger charge is 2.42. The van der Waals surface area contributed by atoms with E-state index in [4.69, 9.17) is 14.6 Å². The average molecular weight is 472 g/mol. The first-order valence-electron chi connectivity index (χ1n) is 11.9. The first kappa shape index (κ1) is 24.0. The van der Waals surface area contributed by atoms with Crippen LogP contribution in [0.3, 0.4) is 0 Å². The Morgan fingerprint density at radius 2 is 2.09 bits per heavy atom. The summed E-state index contributed by atoms with van der Waals surface area (Å²) in [5, 5.41) is 20.1. The highest BCUT2D eigenvalue weighted by Crippen LogP contribution is 2.48. The fraction of sp³-hybridized carbons (Fsp3) is 0.625. The molecule has 1 amide bonds. The number of aryl methyl sites for hydroxylation is 2. The second-order valence-electron chi connectivity index (χ2n) is 9.59. The highest BCUT2D eigenvalue weighted by atomic mass is 16.5. The van der Waals surface area contributed by atoms with E-state index in [9.17, 15) is 9.59 Å². The zero-order valence-electron chi connectivity index (χ0n) is 20.0. The van der Waals surface area contributed by atoms with Gasteiger partial charge in [0.25, 0.3) is 0 Å². The zero-order valence-corrected chi connectivity index (χ0v) is 20.0. The first-order chi connectivity index (χ1) is 16.3. The van der Waals surface area contributed by atoms with Gasteiger partial charge in [0.1, 0.15) is 11.4 Å². The van der Waals surface area contributed by atoms with Crippen LogP contribution in [0.1, 0.15) is 63.3 Å². The molecular weight excluding hydrogens is 438 g/mol. The first-order valence-corrected chi connectivity index (χ1v) is 11.9. The van der Waals surface area contributed by atoms with Gasteiger partial charge in [-0.05, 0) is 63.5 Å². The predicted octanol–water partition coefficient (Wildman–Crippen LogP) is 3.62. The number of hydrogen-bond donors (Lipinski definition) is 2. The summed E-state index contributed by atoms with van der Waals surface area (Å²) in [6, 6.07) is 3.69. The van der Waals surface area contributed by atoms with Crippen molar-refractivity contribution in [2.75, 3.05) is 6.61 Å². The SMILES string of the molecule is CCC1(COC(=O)NCc2c(-c3ccc(O[C@H]4CC[C@H](CC(=O)O)C4)c(C)n3)nnn2C)CC1. The second kappa shape index (κ2) is 9.99. The van der Waals surface area contributed by atoms with Crippen LogP contribution in [0.4, 0.5) is 4.79 Å². The summed E-state index contributed by atoms with van der Waals surface area (Å²) < 4.78 is 13.1. The lowest BCUT2D eigenvalue weighted by molar-refractivity contribution is -0.138. The molecule has 2 atom stereocenters. The minimum Gasteiger partial charge on any atom is -0.489 e. The normalized spacial score (nSPS) is 20.7. The van der Waals surface area contributed by atoms with Gasteiger partial charge in [0.05, 0.1) is 36.3 Å². The van der Waals surface area contributed by atoms with Gasteiger partial charge in [0.15, 0.2) is 0 Å². The number of rotatable bonds is 10. The molecule has 4 rings (SSSR count). The second-order valence-corrected chi connectivity index (χ2v) is 9.59. The number of carbonyl (C=O) groups excluding carboxylic acids is 1. The molecule has 0 aromatic carbocycles. The van der Waals surface area contributed by atoms with E-state index in [1.807, 2.05) is 19.1 Å². The number of ether oxygens (including phenoxy) is 2. The Balaban J connectivity index is 1.36. The molecular formula is C24H33N5O5. The van der Waals surface area contributed by atoms with Crippen molar-refractivity contribution in [2.24, 2.45) is 18.4 Å². The molecule has 184 valence electrons. The number of carboxylic acid groups (broad SMARTS) is 1. The third kappa shape index (κ3) is 5.66. The molecule has 2 aliphatic carbocycles. The summed E-state index contributed by atoms with van der Waals surface area (Å²) in [6.45, 7) is 4.67. The van der Waals surface area contributed by atoms with Gasteiger partial charge in [0, 0.05) is 18.9 Å². The van der Waals surface area contributed by atoms with Crippen molar-refractivity contribution in [3.63, 3.8) is 0 Å². The van der Waals surface area contributed by atoms with Gasteiger partial charge < -0.3 is 19.9 Å². The number of aromatic nitrogens is 4. The highest BCUT2D eigenvalue weighted by molar-refractivity contribution is 5.68. The molecule has 2 N–H and O–H groups in total. The van der Waals surface area contributed by atoms with Gasteiger partial charge in [0.2, 0.25) is 0 Å². The Morgan fingerprint density at radius 1 is 1.29 bits per heavy atom. The number of carboxylic acids is 1. The molecule has 0 aliphatic heterocycles. The van der Waals surface area contributed by atoms with E-state index in [0.29, 0.717) is 23.7 Å². The molecule has 2 aliphatic rings. The van der Waals surface area contributed by atoms with E-state index in [1.165, 1.54) is 0 Å². The van der Waals surface area contributed by atoms with Crippen LogP contribution >= 0.6 is 0 Å². The molecule has 2 heterocycles. The predicted molar refractivity (Wildman–Crippen MR) is 123 cm³/mol. The van der Waals surface area contributed by atoms with Crippen LogP contribution < -0.4 is 10.1 Å². The van der Waals surface area contributed by atoms with Gasteiger partial charge in [-0.15, -0.1) is 5.10 Å². The lowest BCUT2D eigenvalue weighted by Crippen LogP contribution is -2.27. The number of aliphatic carboxylic acids is 1. The van der Waals surface area contributed by atoms with Gasteiger partial charge >= 0.3 is 12.1 Å². The molecule has 2 aromatic heterocycles. The molecule has 0 unspecified atom stereocenters. The summed E-state index contributed by atoms with van der Waals surface area (Å²) in [5.41, 5.74) is 2.85. The Labute approximate surface area is 199 Å². The Hall–Kier alpha value is -3.17. The quantitative estimate of drug-likeness (QED) is 0.538. The maximum Gasteiger partial charge on any atom is 0.407 e. The Kier molecular flexibility index (Phi) is 7.04. The van der Waals surface area contributed by atoms with E-state index >= 15 is 0 Å². The third-order valence-electron chi connectivity index (χ3n) is 7.09. The minimum atomic E-state index is -0.761. The monoisotopic (exact) mass is 471 g/mol. The fourth-order valence-electron chi connectivity index (χ4n) is 4.53. The van der Waals surface area contributed by atoms with E-state index in [2.05, 4.69) is 27.5 Å². The lowest BCUT2D eigenvalue weighted by atomic mass is 10.0. The molecule has 2 aromatic rings. The van der Waals surface area contributed by atoms with E-state index < -0.39 is 12.1 Å². The van der Waals surface area contributed by atoms with E-state index in [1.54, 1.807) is 11.7 Å². The number of carbonyl (C=O) groups is 2. The minimum absolute atomic E-state index is 0.000441. The lowest BCUT2D eigenvalue weighted by Gasteiger charge is -2.16. The topological polar surface area (TPSA) is 128 Å². The molecule has 0 radical (unpaired) electrons. The molecule has 2 fully saturated rings. The number of alkyl carbamates (subject to hydrolysis) is 1. The number of pyridine rings is 1. The van der Waals surface area contributed by atoms with Crippen molar-refractivity contribution in [3.8, 4) is 17.1 Å². The Morgan fingerprint density at radius 3 is 2.76 bits per heavy atom. The molecule has 10 heteroatoms. The Bertz CT molecular complexity index is 1050. The van der Waals surface area contributed by atoms with Gasteiger partial charge in [-0.2, -0.15) is 0 Å². The molecule has 0 spiro atoms. The van der Waals surface area contributed by atoms with Crippen molar-refractivity contribution in [1.82, 2.24) is 25.3 Å². The van der Waals surface area contributed by atoms with Gasteiger partial charge in [-0.25, -0.2) is 14.5 Å². The summed E-state index contributed by atoms with van der Waals surface area (Å²) in [6.07, 6.45) is 5.42. The molecule has 0 bridgehead atoms. The molecule has 0 saturated heterocycles. The van der Waals surface area contributed by atoms with Crippen molar-refractivity contribution < 1.29 is 24.2 Å². The number of nitrogens with zero attached hydrogens (tertiary/aromatic N) is 4. The van der Waals surface area contributed by atoms with Crippen LogP contribution in [0.15, 0.2) is 12.1 Å². The van der Waals surface area contributed by atoms with E-state index in [0.717, 1.165) is 49.9 Å². The maximum atomic E-state index is 12.2. The molecule has 10 nitrogen and oxygen atoms in total. The molecule has 34 heavy (non-hydrogen) atoms. The van der Waals surface area contributed by atoms with Gasteiger partial charge in [-0.1, -0.05) is 12.1 Å². The maximum absolute atomic E-state index is 12.2. The van der Waals surface area contributed by atoms with Crippen LogP contribution in [-0.4, -0.2) is 49.9 Å². The fourth-order valence-corrected chi connectivity index (χ4v) is 4.53. The number of amides is 1. The van der Waals surface area contributed by atoms with Crippen LogP contribution in [0.25, 0.3) is 11.4 Å². The largest absolute Gasteiger partial charge is 0.489 e. The van der Waals surface area contributed by atoms with Crippen molar-refractivity contribution >= 4 is 12.1 Å². The summed E-state index contributed by atoms with van der Waals surface area (Å²) in [4.78, 5) is 27.8. The van der Waals surface area contributed by atoms with Crippen LogP contribution in [0, 0.1) is 18.3 Å². The van der Waals surface area contributed by atoms with Crippen LogP contribution in [0.2, 0.25) is 0 Å². The zero-order chi connectivity index (χ0) is 24.3. The summed E-state index contributed by atoms with van der Waals surface area (Å²) in [5.74, 6) is 0.0816. The van der Waals surface area contributed by atoms with Crippen LogP contribution in [0.5, 0.6) is 5.75 Å². The number of hydrogen-bond acceptors (Lipinski definition) is 7. The average Bonchev–Trinajstić information content (AvgIpc) is 3.31. The molecule has 2 saturated carbocycles. The van der Waals surface area contributed by atoms with Crippen molar-refractivity contribution in [2.45, 2.75) is 71.4 Å². The van der Waals surface area contributed by atoms with E-state index in [-0.39, 0.29) is 30.4 Å². The summed E-state index contributed by atoms with van der Waals surface area (Å²) >= 11 is 0. The number of nitrogens with one attached hydrogen (secondary N) is 1. The standard InChI is InChI=1S/C24H33N5O5/c1-4-24(9-10-24)14-33-23(32)25-13-19-22(27-28-29(19)3)18-7-8-20(15(2)26-18)34-17-6-5-16(11-17)12-21(30)31/h7-8,16-17H,4-6,9-14H2,1-3H3,(H,25,32)(H,30,31)/t16-,17-/m0/s1. The van der Waals surface area contributed by atoms with Gasteiger partial charge in [-0.3, -0.25) is 4.79 Å². The van der Waals surface area contributed by atoms with Crippen LogP contribution in [-0.2, 0) is 23.1 Å².